The predicted octanol–water partition coefficient (Wildman–Crippen LogP) is 12.5. The lowest BCUT2D eigenvalue weighted by atomic mass is 9.77. The molecule has 0 aromatic heterocycles. The van der Waals surface area contributed by atoms with E-state index in [1.54, 1.807) is 0 Å². The summed E-state index contributed by atoms with van der Waals surface area (Å²) in [4.78, 5) is 0. The van der Waals surface area contributed by atoms with Crippen LogP contribution >= 0.6 is 0 Å². The Morgan fingerprint density at radius 3 is 1.02 bits per heavy atom. The fourth-order valence-corrected chi connectivity index (χ4v) is 7.15. The molecular weight excluding hydrogens is 540 g/mol. The highest BCUT2D eigenvalue weighted by molar-refractivity contribution is 5.92. The molecule has 0 spiro atoms. The molecule has 0 N–H and O–H groups in total. The van der Waals surface area contributed by atoms with Crippen LogP contribution in [0, 0.1) is 0 Å². The second kappa shape index (κ2) is 11.0. The molecule has 0 aliphatic heterocycles. The minimum absolute atomic E-state index is 0.0155. The van der Waals surface area contributed by atoms with Crippen LogP contribution in [0.4, 0.5) is 0 Å². The first-order valence-electron chi connectivity index (χ1n) is 16.2. The predicted molar refractivity (Wildman–Crippen MR) is 194 cm³/mol. The summed E-state index contributed by atoms with van der Waals surface area (Å²) >= 11 is 0. The van der Waals surface area contributed by atoms with Crippen molar-refractivity contribution in [1.82, 2.24) is 0 Å². The molecule has 45 heavy (non-hydrogen) atoms. The van der Waals surface area contributed by atoms with E-state index < -0.39 is 0 Å². The van der Waals surface area contributed by atoms with Gasteiger partial charge in [-0.2, -0.15) is 0 Å². The number of fused-ring (bicyclic) bond motifs is 3. The average molecular weight is 583 g/mol. The Hall–Kier alpha value is -4.68. The maximum Gasteiger partial charge on any atom is -0.00130 e. The van der Waals surface area contributed by atoms with Gasteiger partial charge in [0.2, 0.25) is 0 Å². The van der Waals surface area contributed by atoms with E-state index in [0.717, 1.165) is 6.42 Å². The minimum atomic E-state index is -0.0155. The number of benzene rings is 6. The molecule has 0 saturated carbocycles. The van der Waals surface area contributed by atoms with E-state index in [2.05, 4.69) is 175 Å². The zero-order valence-corrected chi connectivity index (χ0v) is 27.4. The normalized spacial score (nSPS) is 12.6. The molecule has 0 radical (unpaired) electrons. The van der Waals surface area contributed by atoms with Crippen LogP contribution in [0.25, 0.3) is 55.6 Å². The topological polar surface area (TPSA) is 0 Å². The molecule has 0 heterocycles. The van der Waals surface area contributed by atoms with Gasteiger partial charge in [-0.25, -0.2) is 0 Å². The van der Waals surface area contributed by atoms with Crippen LogP contribution in [0.15, 0.2) is 133 Å². The van der Waals surface area contributed by atoms with Crippen molar-refractivity contribution in [2.45, 2.75) is 58.8 Å². The molecular formula is C45H42. The van der Waals surface area contributed by atoms with Gasteiger partial charge in [0, 0.05) is 0 Å². The first-order chi connectivity index (χ1) is 21.6. The Balaban J connectivity index is 1.43. The molecule has 0 nitrogen and oxygen atoms in total. The lowest BCUT2D eigenvalue weighted by Gasteiger charge is -2.27. The Bertz CT molecular complexity index is 1860. The third-order valence-corrected chi connectivity index (χ3v) is 9.38. The van der Waals surface area contributed by atoms with Crippen LogP contribution in [0.5, 0.6) is 0 Å². The van der Waals surface area contributed by atoms with Gasteiger partial charge in [-0.1, -0.05) is 151 Å². The van der Waals surface area contributed by atoms with Gasteiger partial charge in [-0.05, 0) is 119 Å². The summed E-state index contributed by atoms with van der Waals surface area (Å²) in [6.07, 6.45) is 0.945. The zero-order valence-electron chi connectivity index (χ0n) is 27.4. The quantitative estimate of drug-likeness (QED) is 0.194. The number of hydrogen-bond acceptors (Lipinski definition) is 0. The van der Waals surface area contributed by atoms with Gasteiger partial charge in [0.15, 0.2) is 0 Å². The Kier molecular flexibility index (Phi) is 7.13. The second-order valence-corrected chi connectivity index (χ2v) is 14.6. The van der Waals surface area contributed by atoms with Crippen LogP contribution in [0.2, 0.25) is 0 Å². The lowest BCUT2D eigenvalue weighted by molar-refractivity contribution is 0.591. The van der Waals surface area contributed by atoms with Crippen molar-refractivity contribution >= 4 is 0 Å². The van der Waals surface area contributed by atoms with Crippen molar-refractivity contribution in [3.8, 4) is 55.6 Å². The van der Waals surface area contributed by atoms with E-state index >= 15 is 0 Å². The van der Waals surface area contributed by atoms with Crippen molar-refractivity contribution in [1.29, 1.82) is 0 Å². The van der Waals surface area contributed by atoms with E-state index in [-0.39, 0.29) is 10.8 Å². The summed E-state index contributed by atoms with van der Waals surface area (Å²) < 4.78 is 0. The van der Waals surface area contributed by atoms with Crippen LogP contribution in [-0.2, 0) is 17.3 Å². The number of hydrogen-bond donors (Lipinski definition) is 0. The molecule has 0 unspecified atom stereocenters. The summed E-state index contributed by atoms with van der Waals surface area (Å²) in [6, 6.07) is 49.5. The molecule has 0 amide bonds. The van der Waals surface area contributed by atoms with E-state index in [4.69, 9.17) is 0 Å². The zero-order chi connectivity index (χ0) is 31.3. The summed E-state index contributed by atoms with van der Waals surface area (Å²) in [5.74, 6) is 0. The average Bonchev–Trinajstić information content (AvgIpc) is 3.40. The largest absolute Gasteiger partial charge is 0.0622 e. The standard InChI is InChI=1S/C45H42/c1-44(2,3)42-28-38-32(26-40(42)36-23-15-13-21-34(36)30-17-9-7-10-18-30)25-33-27-41(43(29-39(33)38)45(4,5)6)37-24-16-14-22-35(37)31-19-11-8-12-20-31/h7-24,26-29H,25H2,1-6H3. The summed E-state index contributed by atoms with van der Waals surface area (Å²) in [5.41, 5.74) is 18.8. The third kappa shape index (κ3) is 5.33. The van der Waals surface area contributed by atoms with Gasteiger partial charge in [-0.3, -0.25) is 0 Å². The van der Waals surface area contributed by atoms with Gasteiger partial charge in [-0.15, -0.1) is 0 Å². The van der Waals surface area contributed by atoms with E-state index in [1.165, 1.54) is 77.9 Å². The highest BCUT2D eigenvalue weighted by Gasteiger charge is 2.30. The smallest absolute Gasteiger partial charge is 0.00130 e. The van der Waals surface area contributed by atoms with Gasteiger partial charge in [0.05, 0.1) is 0 Å². The van der Waals surface area contributed by atoms with Crippen LogP contribution in [0.3, 0.4) is 0 Å². The summed E-state index contributed by atoms with van der Waals surface area (Å²) in [6.45, 7) is 14.1. The molecule has 6 aromatic carbocycles. The van der Waals surface area contributed by atoms with Crippen molar-refractivity contribution in [2.75, 3.05) is 0 Å². The molecule has 0 heteroatoms. The molecule has 1 aliphatic rings. The fraction of sp³-hybridized carbons (Fsp3) is 0.200. The van der Waals surface area contributed by atoms with Crippen molar-refractivity contribution < 1.29 is 0 Å². The van der Waals surface area contributed by atoms with E-state index in [1.807, 2.05) is 0 Å². The molecule has 0 atom stereocenters. The summed E-state index contributed by atoms with van der Waals surface area (Å²) in [5, 5.41) is 0. The van der Waals surface area contributed by atoms with Gasteiger partial charge in [0.1, 0.15) is 0 Å². The van der Waals surface area contributed by atoms with E-state index in [0.29, 0.717) is 0 Å². The van der Waals surface area contributed by atoms with Crippen molar-refractivity contribution in [3.63, 3.8) is 0 Å². The molecule has 1 aliphatic carbocycles. The van der Waals surface area contributed by atoms with Crippen molar-refractivity contribution in [2.24, 2.45) is 0 Å². The third-order valence-electron chi connectivity index (χ3n) is 9.38. The lowest BCUT2D eigenvalue weighted by Crippen LogP contribution is -2.14. The second-order valence-electron chi connectivity index (χ2n) is 14.6. The molecule has 7 rings (SSSR count). The minimum Gasteiger partial charge on any atom is -0.0622 e. The molecule has 0 fully saturated rings. The van der Waals surface area contributed by atoms with Crippen LogP contribution in [0.1, 0.15) is 63.8 Å². The first-order valence-corrected chi connectivity index (χ1v) is 16.2. The van der Waals surface area contributed by atoms with Gasteiger partial charge < -0.3 is 0 Å². The maximum atomic E-state index is 2.52. The highest BCUT2D eigenvalue weighted by Crippen LogP contribution is 2.49. The molecule has 6 aromatic rings. The van der Waals surface area contributed by atoms with Crippen LogP contribution < -0.4 is 0 Å². The Morgan fingerprint density at radius 1 is 0.333 bits per heavy atom. The highest BCUT2D eigenvalue weighted by atomic mass is 14.3. The number of rotatable bonds is 4. The fourth-order valence-electron chi connectivity index (χ4n) is 7.15. The Morgan fingerprint density at radius 2 is 0.667 bits per heavy atom. The summed E-state index contributed by atoms with van der Waals surface area (Å²) in [7, 11) is 0. The maximum absolute atomic E-state index is 2.52. The van der Waals surface area contributed by atoms with Crippen LogP contribution in [-0.4, -0.2) is 0 Å². The van der Waals surface area contributed by atoms with Gasteiger partial charge >= 0.3 is 0 Å². The van der Waals surface area contributed by atoms with E-state index in [9.17, 15) is 0 Å². The van der Waals surface area contributed by atoms with Gasteiger partial charge in [0.25, 0.3) is 0 Å². The monoisotopic (exact) mass is 582 g/mol. The molecule has 0 saturated heterocycles. The first kappa shape index (κ1) is 29.1. The van der Waals surface area contributed by atoms with Crippen molar-refractivity contribution in [3.05, 3.63) is 156 Å². The molecule has 0 bridgehead atoms. The molecule has 222 valence electrons. The SMILES string of the molecule is CC(C)(C)c1cc2c(cc1-c1ccccc1-c1ccccc1)Cc1cc(-c3ccccc3-c3ccccc3)c(C(C)(C)C)cc1-2. The Labute approximate surface area is 269 Å².